The Kier molecular flexibility index (Phi) is 6.32. The van der Waals surface area contributed by atoms with E-state index in [1.54, 1.807) is 0 Å². The van der Waals surface area contributed by atoms with E-state index in [9.17, 15) is 4.79 Å². The molecule has 0 spiro atoms. The summed E-state index contributed by atoms with van der Waals surface area (Å²) >= 11 is 6.10. The Hall–Kier alpha value is -0.240. The molecule has 1 saturated carbocycles. The number of carbonyl (C=O) groups is 1. The monoisotopic (exact) mass is 259 g/mol. The fourth-order valence-corrected chi connectivity index (χ4v) is 2.84. The first-order chi connectivity index (χ1) is 8.12. The number of alkyl halides is 1. The van der Waals surface area contributed by atoms with Crippen LogP contribution in [0.4, 0.5) is 0 Å². The van der Waals surface area contributed by atoms with Crippen LogP contribution in [0.15, 0.2) is 0 Å². The summed E-state index contributed by atoms with van der Waals surface area (Å²) in [6.07, 6.45) is 7.88. The fourth-order valence-electron chi connectivity index (χ4n) is 2.48. The zero-order valence-corrected chi connectivity index (χ0v) is 12.0. The van der Waals surface area contributed by atoms with Gasteiger partial charge < -0.3 is 5.32 Å². The molecule has 1 N–H and O–H groups in total. The molecule has 1 amide bonds. The second kappa shape index (κ2) is 7.25. The topological polar surface area (TPSA) is 29.1 Å². The number of nitrogens with one attached hydrogen (secondary N) is 1. The van der Waals surface area contributed by atoms with E-state index in [0.29, 0.717) is 18.2 Å². The van der Waals surface area contributed by atoms with Crippen LogP contribution in [0.3, 0.4) is 0 Å². The number of amides is 1. The van der Waals surface area contributed by atoms with Crippen molar-refractivity contribution in [2.75, 3.05) is 12.4 Å². The van der Waals surface area contributed by atoms with E-state index in [1.165, 1.54) is 32.1 Å². The Morgan fingerprint density at radius 3 is 2.53 bits per heavy atom. The van der Waals surface area contributed by atoms with Gasteiger partial charge in [-0.25, -0.2) is 0 Å². The fraction of sp³-hybridized carbons (Fsp3) is 0.929. The molecule has 2 nitrogen and oxygen atoms in total. The van der Waals surface area contributed by atoms with Gasteiger partial charge >= 0.3 is 0 Å². The summed E-state index contributed by atoms with van der Waals surface area (Å²) in [5.41, 5.74) is 0.172. The maximum atomic E-state index is 11.8. The molecule has 1 fully saturated rings. The molecule has 1 unspecified atom stereocenters. The molecule has 1 aliphatic rings. The summed E-state index contributed by atoms with van der Waals surface area (Å²) < 4.78 is 0. The van der Waals surface area contributed by atoms with Crippen LogP contribution in [0, 0.1) is 11.3 Å². The molecule has 0 bridgehead atoms. The van der Waals surface area contributed by atoms with Gasteiger partial charge in [-0.05, 0) is 18.8 Å². The average molecular weight is 260 g/mol. The van der Waals surface area contributed by atoms with Crippen LogP contribution in [-0.2, 0) is 4.79 Å². The Bertz CT molecular complexity index is 236. The lowest BCUT2D eigenvalue weighted by Gasteiger charge is -2.35. The van der Waals surface area contributed by atoms with Gasteiger partial charge in [-0.15, -0.1) is 11.6 Å². The highest BCUT2D eigenvalue weighted by Crippen LogP contribution is 2.36. The lowest BCUT2D eigenvalue weighted by Crippen LogP contribution is -2.40. The number of halogens is 1. The molecule has 1 rings (SSSR count). The van der Waals surface area contributed by atoms with E-state index >= 15 is 0 Å². The third-order valence-electron chi connectivity index (χ3n) is 4.09. The van der Waals surface area contributed by atoms with Gasteiger partial charge in [0.1, 0.15) is 0 Å². The van der Waals surface area contributed by atoms with Gasteiger partial charge in [0.2, 0.25) is 5.91 Å². The van der Waals surface area contributed by atoms with Gasteiger partial charge in [0.05, 0.1) is 0 Å². The van der Waals surface area contributed by atoms with Crippen LogP contribution in [0.1, 0.15) is 58.8 Å². The van der Waals surface area contributed by atoms with Gasteiger partial charge in [0, 0.05) is 24.3 Å². The first-order valence-electron chi connectivity index (χ1n) is 6.94. The number of carbonyl (C=O) groups excluding carboxylic acids is 1. The van der Waals surface area contributed by atoms with Crippen molar-refractivity contribution in [3.8, 4) is 0 Å². The Morgan fingerprint density at radius 2 is 2.00 bits per heavy atom. The summed E-state index contributed by atoms with van der Waals surface area (Å²) in [5.74, 6) is 1.35. The van der Waals surface area contributed by atoms with E-state index in [1.807, 2.05) is 0 Å². The highest BCUT2D eigenvalue weighted by atomic mass is 35.5. The molecule has 0 radical (unpaired) electrons. The van der Waals surface area contributed by atoms with Crippen LogP contribution in [-0.4, -0.2) is 18.3 Å². The smallest absolute Gasteiger partial charge is 0.220 e. The molecular formula is C14H26ClNO. The molecule has 0 heterocycles. The molecule has 1 atom stereocenters. The normalized spacial score (nSPS) is 20.9. The predicted octanol–water partition coefficient (Wildman–Crippen LogP) is 3.73. The third-order valence-corrected chi connectivity index (χ3v) is 4.66. The minimum atomic E-state index is 0.172. The first kappa shape index (κ1) is 14.8. The van der Waals surface area contributed by atoms with Gasteiger partial charge in [-0.1, -0.05) is 39.5 Å². The molecule has 0 aliphatic heterocycles. The summed E-state index contributed by atoms with van der Waals surface area (Å²) in [5, 5.41) is 3.09. The quantitative estimate of drug-likeness (QED) is 0.724. The molecule has 3 heteroatoms. The average Bonchev–Trinajstić information content (AvgIpc) is 2.37. The van der Waals surface area contributed by atoms with Crippen molar-refractivity contribution in [2.24, 2.45) is 11.3 Å². The second-order valence-electron chi connectivity index (χ2n) is 5.69. The van der Waals surface area contributed by atoms with Gasteiger partial charge in [-0.3, -0.25) is 4.79 Å². The minimum absolute atomic E-state index is 0.172. The van der Waals surface area contributed by atoms with Crippen LogP contribution in [0.5, 0.6) is 0 Å². The summed E-state index contributed by atoms with van der Waals surface area (Å²) in [6.45, 7) is 5.02. The van der Waals surface area contributed by atoms with Crippen LogP contribution in [0.2, 0.25) is 0 Å². The Morgan fingerprint density at radius 1 is 1.35 bits per heavy atom. The summed E-state index contributed by atoms with van der Waals surface area (Å²) in [4.78, 5) is 11.8. The van der Waals surface area contributed by atoms with Crippen molar-refractivity contribution >= 4 is 17.5 Å². The van der Waals surface area contributed by atoms with E-state index < -0.39 is 0 Å². The maximum absolute atomic E-state index is 11.8. The number of hydrogen-bond acceptors (Lipinski definition) is 1. The summed E-state index contributed by atoms with van der Waals surface area (Å²) in [6, 6.07) is 0. The molecule has 17 heavy (non-hydrogen) atoms. The van der Waals surface area contributed by atoms with E-state index in [2.05, 4.69) is 19.2 Å². The van der Waals surface area contributed by atoms with Crippen molar-refractivity contribution < 1.29 is 4.79 Å². The zero-order chi connectivity index (χ0) is 12.7. The Balaban J connectivity index is 2.34. The van der Waals surface area contributed by atoms with Crippen LogP contribution < -0.4 is 5.32 Å². The van der Waals surface area contributed by atoms with Gasteiger partial charge in [-0.2, -0.15) is 0 Å². The predicted molar refractivity (Wildman–Crippen MR) is 73.3 cm³/mol. The summed E-state index contributed by atoms with van der Waals surface area (Å²) in [7, 11) is 0. The lowest BCUT2D eigenvalue weighted by atomic mass is 9.75. The molecular weight excluding hydrogens is 234 g/mol. The molecule has 1 aliphatic carbocycles. The lowest BCUT2D eigenvalue weighted by molar-refractivity contribution is -0.122. The van der Waals surface area contributed by atoms with Crippen molar-refractivity contribution in [3.05, 3.63) is 0 Å². The van der Waals surface area contributed by atoms with E-state index in [4.69, 9.17) is 11.6 Å². The number of hydrogen-bond donors (Lipinski definition) is 1. The highest BCUT2D eigenvalue weighted by Gasteiger charge is 2.31. The largest absolute Gasteiger partial charge is 0.355 e. The Labute approximate surface area is 110 Å². The highest BCUT2D eigenvalue weighted by molar-refractivity contribution is 6.18. The second-order valence-corrected chi connectivity index (χ2v) is 5.96. The van der Waals surface area contributed by atoms with E-state index in [-0.39, 0.29) is 11.3 Å². The minimum Gasteiger partial charge on any atom is -0.355 e. The molecule has 0 saturated heterocycles. The maximum Gasteiger partial charge on any atom is 0.220 e. The molecule has 0 aromatic rings. The van der Waals surface area contributed by atoms with Crippen molar-refractivity contribution in [1.29, 1.82) is 0 Å². The van der Waals surface area contributed by atoms with Crippen molar-refractivity contribution in [1.82, 2.24) is 5.32 Å². The molecule has 100 valence electrons. The zero-order valence-electron chi connectivity index (χ0n) is 11.2. The van der Waals surface area contributed by atoms with Gasteiger partial charge in [0.15, 0.2) is 0 Å². The van der Waals surface area contributed by atoms with E-state index in [0.717, 1.165) is 13.0 Å². The molecule has 0 aromatic carbocycles. The third kappa shape index (κ3) is 4.87. The van der Waals surface area contributed by atoms with Crippen molar-refractivity contribution in [2.45, 2.75) is 58.8 Å². The number of rotatable bonds is 6. The standard InChI is InChI=1S/C14H26ClNO/c1-3-12(2)9-13(17)16-11-14(10-15)7-5-4-6-8-14/h12H,3-11H2,1-2H3,(H,16,17). The van der Waals surface area contributed by atoms with Crippen molar-refractivity contribution in [3.63, 3.8) is 0 Å². The SMILES string of the molecule is CCC(C)CC(=O)NCC1(CCl)CCCCC1. The van der Waals surface area contributed by atoms with Gasteiger partial charge in [0.25, 0.3) is 0 Å². The van der Waals surface area contributed by atoms with Crippen LogP contribution >= 0.6 is 11.6 Å². The van der Waals surface area contributed by atoms with Crippen LogP contribution in [0.25, 0.3) is 0 Å². The first-order valence-corrected chi connectivity index (χ1v) is 7.48. The molecule has 0 aromatic heterocycles.